The lowest BCUT2D eigenvalue weighted by molar-refractivity contribution is 0.101. The van der Waals surface area contributed by atoms with E-state index in [1.165, 1.54) is 19.4 Å². The summed E-state index contributed by atoms with van der Waals surface area (Å²) >= 11 is 0. The topological polar surface area (TPSA) is 24.5 Å². The maximum atomic E-state index is 5.18. The summed E-state index contributed by atoms with van der Waals surface area (Å²) in [7, 11) is 1.77. The van der Waals surface area contributed by atoms with E-state index in [1.54, 1.807) is 7.11 Å². The van der Waals surface area contributed by atoms with E-state index in [2.05, 4.69) is 31.0 Å². The molecule has 0 amide bonds. The molecule has 1 unspecified atom stereocenters. The van der Waals surface area contributed by atoms with Gasteiger partial charge < -0.3 is 10.1 Å². The number of nitrogens with one attached hydrogen (secondary N) is 1. The summed E-state index contributed by atoms with van der Waals surface area (Å²) in [6, 6.07) is 0.541. The minimum Gasteiger partial charge on any atom is -0.383 e. The molecule has 0 aromatic carbocycles. The van der Waals surface area contributed by atoms with Gasteiger partial charge in [0, 0.05) is 13.2 Å². The van der Waals surface area contributed by atoms with Gasteiger partial charge in [0.1, 0.15) is 0 Å². The van der Waals surface area contributed by atoms with Crippen LogP contribution in [0, 0.1) is 0 Å². The molecule has 3 heteroatoms. The number of nitrogens with zero attached hydrogens (tertiary/aromatic N) is 1. The summed E-state index contributed by atoms with van der Waals surface area (Å²) in [5.41, 5.74) is 0. The second-order valence-electron chi connectivity index (χ2n) is 3.99. The van der Waals surface area contributed by atoms with E-state index < -0.39 is 0 Å². The van der Waals surface area contributed by atoms with Crippen molar-refractivity contribution >= 4 is 0 Å². The predicted octanol–water partition coefficient (Wildman–Crippen LogP) is 1.73. The second kappa shape index (κ2) is 10.4. The van der Waals surface area contributed by atoms with Crippen molar-refractivity contribution in [2.24, 2.45) is 0 Å². The van der Waals surface area contributed by atoms with E-state index in [9.17, 15) is 0 Å². The van der Waals surface area contributed by atoms with Crippen LogP contribution in [0.4, 0.5) is 0 Å². The van der Waals surface area contributed by atoms with Crippen molar-refractivity contribution in [3.63, 3.8) is 0 Å². The summed E-state index contributed by atoms with van der Waals surface area (Å²) in [6.07, 6.45) is 2.54. The van der Waals surface area contributed by atoms with Crippen LogP contribution in [0.25, 0.3) is 0 Å². The molecule has 0 aromatic heterocycles. The van der Waals surface area contributed by atoms with Gasteiger partial charge in [-0.1, -0.05) is 13.8 Å². The zero-order valence-corrected chi connectivity index (χ0v) is 10.9. The maximum Gasteiger partial charge on any atom is 0.0615 e. The van der Waals surface area contributed by atoms with Gasteiger partial charge in [-0.25, -0.2) is 0 Å². The van der Waals surface area contributed by atoms with Crippen molar-refractivity contribution in [2.45, 2.75) is 39.7 Å². The largest absolute Gasteiger partial charge is 0.383 e. The van der Waals surface area contributed by atoms with Gasteiger partial charge >= 0.3 is 0 Å². The minimum atomic E-state index is 0.541. The smallest absolute Gasteiger partial charge is 0.0615 e. The van der Waals surface area contributed by atoms with Crippen LogP contribution in [0.5, 0.6) is 0 Å². The van der Waals surface area contributed by atoms with Crippen LogP contribution in [0.1, 0.15) is 33.6 Å². The van der Waals surface area contributed by atoms with E-state index in [1.807, 2.05) is 0 Å². The highest BCUT2D eigenvalue weighted by atomic mass is 16.5. The predicted molar refractivity (Wildman–Crippen MR) is 66.4 cm³/mol. The SMILES string of the molecule is CCNCCCCN(CC)C(C)COC. The van der Waals surface area contributed by atoms with E-state index >= 15 is 0 Å². The Hall–Kier alpha value is -0.120. The number of rotatable bonds is 10. The van der Waals surface area contributed by atoms with Crippen molar-refractivity contribution in [1.29, 1.82) is 0 Å². The fourth-order valence-electron chi connectivity index (χ4n) is 1.78. The maximum absolute atomic E-state index is 5.18. The highest BCUT2D eigenvalue weighted by Gasteiger charge is 2.10. The van der Waals surface area contributed by atoms with Gasteiger partial charge in [0.05, 0.1) is 6.61 Å². The molecule has 0 aromatic rings. The molecule has 0 heterocycles. The summed E-state index contributed by atoms with van der Waals surface area (Å²) in [4.78, 5) is 2.48. The molecule has 0 spiro atoms. The Morgan fingerprint density at radius 3 is 2.53 bits per heavy atom. The fraction of sp³-hybridized carbons (Fsp3) is 1.00. The van der Waals surface area contributed by atoms with Gasteiger partial charge in [-0.05, 0) is 45.9 Å². The first-order chi connectivity index (χ1) is 7.26. The number of hydrogen-bond acceptors (Lipinski definition) is 3. The number of methoxy groups -OCH3 is 1. The van der Waals surface area contributed by atoms with Gasteiger partial charge in [-0.3, -0.25) is 4.90 Å². The zero-order valence-electron chi connectivity index (χ0n) is 10.9. The normalized spacial score (nSPS) is 13.4. The second-order valence-corrected chi connectivity index (χ2v) is 3.99. The van der Waals surface area contributed by atoms with Crippen LogP contribution >= 0.6 is 0 Å². The summed E-state index contributed by atoms with van der Waals surface area (Å²) in [5, 5.41) is 3.35. The lowest BCUT2D eigenvalue weighted by Crippen LogP contribution is -2.37. The molecule has 0 bridgehead atoms. The van der Waals surface area contributed by atoms with Crippen molar-refractivity contribution < 1.29 is 4.74 Å². The van der Waals surface area contributed by atoms with Gasteiger partial charge in [-0.2, -0.15) is 0 Å². The third-order valence-corrected chi connectivity index (χ3v) is 2.74. The monoisotopic (exact) mass is 216 g/mol. The average molecular weight is 216 g/mol. The molecule has 1 N–H and O–H groups in total. The Labute approximate surface area is 95.2 Å². The first-order valence-electron chi connectivity index (χ1n) is 6.19. The van der Waals surface area contributed by atoms with Crippen LogP contribution in [0.15, 0.2) is 0 Å². The molecule has 1 atom stereocenters. The molecular formula is C12H28N2O. The molecule has 15 heavy (non-hydrogen) atoms. The Balaban J connectivity index is 3.51. The molecule has 92 valence electrons. The van der Waals surface area contributed by atoms with Gasteiger partial charge in [0.2, 0.25) is 0 Å². The van der Waals surface area contributed by atoms with Gasteiger partial charge in [0.15, 0.2) is 0 Å². The summed E-state index contributed by atoms with van der Waals surface area (Å²) in [5.74, 6) is 0. The molecular weight excluding hydrogens is 188 g/mol. The molecule has 0 aliphatic heterocycles. The Kier molecular flexibility index (Phi) is 10.3. The summed E-state index contributed by atoms with van der Waals surface area (Å²) in [6.45, 7) is 12.0. The highest BCUT2D eigenvalue weighted by Crippen LogP contribution is 2.02. The molecule has 0 aliphatic carbocycles. The first-order valence-corrected chi connectivity index (χ1v) is 6.19. The van der Waals surface area contributed by atoms with Crippen LogP contribution in [-0.2, 0) is 4.74 Å². The summed E-state index contributed by atoms with van der Waals surface area (Å²) < 4.78 is 5.18. The number of ether oxygens (including phenoxy) is 1. The number of unbranched alkanes of at least 4 members (excludes halogenated alkanes) is 1. The standard InChI is InChI=1S/C12H28N2O/c1-5-13-9-7-8-10-14(6-2)12(3)11-15-4/h12-13H,5-11H2,1-4H3. The molecule has 0 radical (unpaired) electrons. The number of hydrogen-bond donors (Lipinski definition) is 1. The number of likely N-dealkylation sites (N-methyl/N-ethyl adjacent to an activating group) is 1. The highest BCUT2D eigenvalue weighted by molar-refractivity contribution is 4.65. The van der Waals surface area contributed by atoms with Gasteiger partial charge in [-0.15, -0.1) is 0 Å². The molecule has 0 saturated carbocycles. The quantitative estimate of drug-likeness (QED) is 0.563. The lowest BCUT2D eigenvalue weighted by atomic mass is 10.2. The molecule has 0 rings (SSSR count). The Morgan fingerprint density at radius 2 is 2.00 bits per heavy atom. The molecule has 3 nitrogen and oxygen atoms in total. The van der Waals surface area contributed by atoms with Crippen LogP contribution in [-0.4, -0.2) is 50.8 Å². The van der Waals surface area contributed by atoms with Crippen LogP contribution < -0.4 is 5.32 Å². The third-order valence-electron chi connectivity index (χ3n) is 2.74. The molecule has 0 fully saturated rings. The van der Waals surface area contributed by atoms with Crippen molar-refractivity contribution in [3.05, 3.63) is 0 Å². The zero-order chi connectivity index (χ0) is 11.5. The Morgan fingerprint density at radius 1 is 1.27 bits per heavy atom. The van der Waals surface area contributed by atoms with Crippen molar-refractivity contribution in [3.8, 4) is 0 Å². The third kappa shape index (κ3) is 7.77. The average Bonchev–Trinajstić information content (AvgIpc) is 2.23. The van der Waals surface area contributed by atoms with Crippen LogP contribution in [0.2, 0.25) is 0 Å². The van der Waals surface area contributed by atoms with Crippen LogP contribution in [0.3, 0.4) is 0 Å². The first kappa shape index (κ1) is 14.9. The Bertz CT molecular complexity index is 131. The van der Waals surface area contributed by atoms with E-state index in [4.69, 9.17) is 4.74 Å². The fourth-order valence-corrected chi connectivity index (χ4v) is 1.78. The minimum absolute atomic E-state index is 0.541. The van der Waals surface area contributed by atoms with E-state index in [0.29, 0.717) is 6.04 Å². The van der Waals surface area contributed by atoms with Crippen molar-refractivity contribution in [2.75, 3.05) is 39.9 Å². The van der Waals surface area contributed by atoms with Crippen molar-refractivity contribution in [1.82, 2.24) is 10.2 Å². The van der Waals surface area contributed by atoms with E-state index in [-0.39, 0.29) is 0 Å². The molecule has 0 aliphatic rings. The van der Waals surface area contributed by atoms with Gasteiger partial charge in [0.25, 0.3) is 0 Å². The lowest BCUT2D eigenvalue weighted by Gasteiger charge is -2.27. The molecule has 0 saturated heterocycles. The van der Waals surface area contributed by atoms with E-state index in [0.717, 1.165) is 26.2 Å².